The van der Waals surface area contributed by atoms with E-state index in [1.54, 1.807) is 44.2 Å². The van der Waals surface area contributed by atoms with Gasteiger partial charge in [-0.05, 0) is 24.5 Å². The molecule has 3 nitrogen and oxygen atoms in total. The molecule has 0 fully saturated rings. The topological polar surface area (TPSA) is 40.5 Å². The highest BCUT2D eigenvalue weighted by molar-refractivity contribution is 5.77. The number of amides is 1. The zero-order valence-electron chi connectivity index (χ0n) is 16.1. The Labute approximate surface area is 163 Å². The number of nitrogens with zero attached hydrogens (tertiary/aromatic N) is 1. The first-order valence-corrected chi connectivity index (χ1v) is 9.28. The first-order chi connectivity index (χ1) is 13.1. The Balaban J connectivity index is 2.26. The van der Waals surface area contributed by atoms with Crippen molar-refractivity contribution in [1.29, 1.82) is 0 Å². The molecule has 2 aromatic rings. The number of halogens is 3. The summed E-state index contributed by atoms with van der Waals surface area (Å²) in [5.74, 6) is -2.52. The van der Waals surface area contributed by atoms with Gasteiger partial charge >= 0.3 is 6.18 Å². The fourth-order valence-corrected chi connectivity index (χ4v) is 2.97. The third-order valence-corrected chi connectivity index (χ3v) is 4.84. The van der Waals surface area contributed by atoms with Gasteiger partial charge in [-0.25, -0.2) is 0 Å². The van der Waals surface area contributed by atoms with Crippen molar-refractivity contribution in [2.45, 2.75) is 50.9 Å². The number of rotatable bonds is 8. The number of hydrogen-bond donors (Lipinski definition) is 1. The van der Waals surface area contributed by atoms with E-state index in [-0.39, 0.29) is 18.7 Å². The van der Waals surface area contributed by atoms with Gasteiger partial charge in [0, 0.05) is 19.5 Å². The quantitative estimate of drug-likeness (QED) is 0.692. The molecule has 6 heteroatoms. The Kier molecular flexibility index (Phi) is 7.24. The largest absolute Gasteiger partial charge is 0.396 e. The van der Waals surface area contributed by atoms with Gasteiger partial charge in [-0.15, -0.1) is 0 Å². The molecule has 0 unspecified atom stereocenters. The van der Waals surface area contributed by atoms with Crippen molar-refractivity contribution in [3.05, 3.63) is 71.8 Å². The average Bonchev–Trinajstić information content (AvgIpc) is 2.66. The Morgan fingerprint density at radius 3 is 2.07 bits per heavy atom. The molecule has 2 rings (SSSR count). The summed E-state index contributed by atoms with van der Waals surface area (Å²) in [6.45, 7) is 3.47. The van der Waals surface area contributed by atoms with Gasteiger partial charge in [0.1, 0.15) is 0 Å². The molecule has 152 valence electrons. The van der Waals surface area contributed by atoms with Crippen LogP contribution >= 0.6 is 0 Å². The van der Waals surface area contributed by atoms with Crippen LogP contribution in [0.2, 0.25) is 0 Å². The van der Waals surface area contributed by atoms with Crippen LogP contribution in [-0.2, 0) is 11.3 Å². The molecular weight excluding hydrogens is 367 g/mol. The fraction of sp³-hybridized carbons (Fsp3) is 0.409. The summed E-state index contributed by atoms with van der Waals surface area (Å²) in [6, 6.07) is 16.5. The third kappa shape index (κ3) is 6.37. The van der Waals surface area contributed by atoms with Crippen LogP contribution in [0.5, 0.6) is 0 Å². The molecule has 1 N–H and O–H groups in total. The summed E-state index contributed by atoms with van der Waals surface area (Å²) in [4.78, 5) is 14.2. The number of carbonyl (C=O) groups is 1. The van der Waals surface area contributed by atoms with Crippen LogP contribution in [0.3, 0.4) is 0 Å². The van der Waals surface area contributed by atoms with E-state index in [0.29, 0.717) is 6.42 Å². The van der Waals surface area contributed by atoms with E-state index in [4.69, 9.17) is 0 Å². The lowest BCUT2D eigenvalue weighted by Gasteiger charge is -2.32. The zero-order chi connectivity index (χ0) is 20.8. The number of carbonyl (C=O) groups excluding carboxylic acids is 1. The van der Waals surface area contributed by atoms with Crippen molar-refractivity contribution in [1.82, 2.24) is 4.90 Å². The molecule has 0 heterocycles. The van der Waals surface area contributed by atoms with Crippen LogP contribution in [0.4, 0.5) is 13.2 Å². The number of hydrogen-bond acceptors (Lipinski definition) is 2. The number of benzene rings is 2. The summed E-state index contributed by atoms with van der Waals surface area (Å²) in [5.41, 5.74) is -0.318. The van der Waals surface area contributed by atoms with Crippen molar-refractivity contribution < 1.29 is 23.1 Å². The predicted molar refractivity (Wildman–Crippen MR) is 103 cm³/mol. The average molecular weight is 393 g/mol. The van der Waals surface area contributed by atoms with Crippen LogP contribution in [0.25, 0.3) is 0 Å². The summed E-state index contributed by atoms with van der Waals surface area (Å²) in [5, 5.41) is 10.4. The molecule has 2 atom stereocenters. The van der Waals surface area contributed by atoms with E-state index in [1.165, 1.54) is 29.2 Å². The third-order valence-electron chi connectivity index (χ3n) is 4.84. The molecule has 0 saturated heterocycles. The molecule has 0 spiro atoms. The fourth-order valence-electron chi connectivity index (χ4n) is 2.97. The Morgan fingerprint density at radius 2 is 1.57 bits per heavy atom. The number of alkyl halides is 3. The van der Waals surface area contributed by atoms with Gasteiger partial charge in [-0.1, -0.05) is 67.6 Å². The second kappa shape index (κ2) is 9.24. The smallest absolute Gasteiger partial charge is 0.388 e. The second-order valence-electron chi connectivity index (χ2n) is 7.29. The van der Waals surface area contributed by atoms with Gasteiger partial charge in [0.05, 0.1) is 11.5 Å². The van der Waals surface area contributed by atoms with Crippen molar-refractivity contribution in [3.63, 3.8) is 0 Å². The summed E-state index contributed by atoms with van der Waals surface area (Å²) < 4.78 is 40.9. The van der Waals surface area contributed by atoms with E-state index in [2.05, 4.69) is 0 Å². The minimum absolute atomic E-state index is 0.0312. The van der Waals surface area contributed by atoms with Crippen LogP contribution < -0.4 is 0 Å². The normalized spacial score (nSPS) is 14.9. The summed E-state index contributed by atoms with van der Waals surface area (Å²) in [7, 11) is 0. The maximum Gasteiger partial charge on any atom is 0.396 e. The highest BCUT2D eigenvalue weighted by Gasteiger charge is 2.42. The van der Waals surface area contributed by atoms with Gasteiger partial charge in [0.25, 0.3) is 0 Å². The second-order valence-corrected chi connectivity index (χ2v) is 7.29. The monoisotopic (exact) mass is 393 g/mol. The minimum Gasteiger partial charge on any atom is -0.388 e. The van der Waals surface area contributed by atoms with Gasteiger partial charge in [0.2, 0.25) is 5.91 Å². The van der Waals surface area contributed by atoms with E-state index >= 15 is 0 Å². The van der Waals surface area contributed by atoms with E-state index < -0.39 is 30.0 Å². The standard InChI is InChI=1S/C22H26F3NO2/c1-3-21(2,28)16-26(15-17-10-6-4-7-11-17)20(27)14-19(22(23,24)25)18-12-8-5-9-13-18/h4-13,19,28H,3,14-16H2,1-2H3/t19-,21+/m0/s1. The molecule has 0 aliphatic carbocycles. The molecule has 0 aromatic heterocycles. The Morgan fingerprint density at radius 1 is 1.04 bits per heavy atom. The van der Waals surface area contributed by atoms with Gasteiger partial charge in [-0.2, -0.15) is 13.2 Å². The lowest BCUT2D eigenvalue weighted by Crippen LogP contribution is -2.44. The van der Waals surface area contributed by atoms with Crippen molar-refractivity contribution in [2.24, 2.45) is 0 Å². The maximum atomic E-state index is 13.6. The van der Waals surface area contributed by atoms with Crippen molar-refractivity contribution in [3.8, 4) is 0 Å². The zero-order valence-corrected chi connectivity index (χ0v) is 16.1. The summed E-state index contributed by atoms with van der Waals surface area (Å²) in [6.07, 6.45) is -4.85. The predicted octanol–water partition coefficient (Wildman–Crippen LogP) is 4.91. The summed E-state index contributed by atoms with van der Waals surface area (Å²) >= 11 is 0. The van der Waals surface area contributed by atoms with Crippen molar-refractivity contribution in [2.75, 3.05) is 6.54 Å². The van der Waals surface area contributed by atoms with E-state index in [0.717, 1.165) is 5.56 Å². The van der Waals surface area contributed by atoms with Crippen LogP contribution in [0.1, 0.15) is 43.7 Å². The first-order valence-electron chi connectivity index (χ1n) is 9.28. The molecule has 0 aliphatic rings. The van der Waals surface area contributed by atoms with E-state index in [1.807, 2.05) is 6.07 Å². The molecular formula is C22H26F3NO2. The molecule has 0 bridgehead atoms. The SMILES string of the molecule is CC[C@@](C)(O)CN(Cc1ccccc1)C(=O)C[C@@H](c1ccccc1)C(F)(F)F. The van der Waals surface area contributed by atoms with E-state index in [9.17, 15) is 23.1 Å². The maximum absolute atomic E-state index is 13.6. The Hall–Kier alpha value is -2.34. The first kappa shape index (κ1) is 22.0. The highest BCUT2D eigenvalue weighted by Crippen LogP contribution is 2.38. The lowest BCUT2D eigenvalue weighted by molar-refractivity contribution is -0.162. The van der Waals surface area contributed by atoms with Gasteiger partial charge < -0.3 is 10.0 Å². The molecule has 2 aromatic carbocycles. The van der Waals surface area contributed by atoms with Crippen molar-refractivity contribution >= 4 is 5.91 Å². The number of aliphatic hydroxyl groups is 1. The molecule has 0 saturated carbocycles. The molecule has 0 radical (unpaired) electrons. The van der Waals surface area contributed by atoms with Crippen LogP contribution in [0, 0.1) is 0 Å². The highest BCUT2D eigenvalue weighted by atomic mass is 19.4. The molecule has 1 amide bonds. The van der Waals surface area contributed by atoms with Crippen LogP contribution in [-0.4, -0.2) is 34.2 Å². The Bertz CT molecular complexity index is 745. The molecule has 0 aliphatic heterocycles. The van der Waals surface area contributed by atoms with Crippen LogP contribution in [0.15, 0.2) is 60.7 Å². The molecule has 28 heavy (non-hydrogen) atoms. The minimum atomic E-state index is -4.54. The van der Waals surface area contributed by atoms with Gasteiger partial charge in [0.15, 0.2) is 0 Å². The van der Waals surface area contributed by atoms with Gasteiger partial charge in [-0.3, -0.25) is 4.79 Å². The lowest BCUT2D eigenvalue weighted by atomic mass is 9.93.